The van der Waals surface area contributed by atoms with E-state index in [4.69, 9.17) is 18.7 Å². The minimum Gasteiger partial charge on any atom is -0.454 e. The van der Waals surface area contributed by atoms with Crippen LogP contribution in [0.25, 0.3) is 0 Å². The molecule has 0 aromatic carbocycles. The highest BCUT2D eigenvalue weighted by molar-refractivity contribution is 5.74. The van der Waals surface area contributed by atoms with E-state index < -0.39 is 12.1 Å². The number of nitrogens with zero attached hydrogens (tertiary/aromatic N) is 2. The Balaban J connectivity index is 1.46. The standard InChI is InChI=1S/C14H20N2O5/c1-14(2)8-19-10(6-20-14)13(17)18-7-11-15-12(16-21-11)9-4-3-5-9/h9-10H,3-8H2,1-2H3. The van der Waals surface area contributed by atoms with Crippen LogP contribution < -0.4 is 0 Å². The summed E-state index contributed by atoms with van der Waals surface area (Å²) in [6, 6.07) is 0. The smallest absolute Gasteiger partial charge is 0.338 e. The van der Waals surface area contributed by atoms with Crippen molar-refractivity contribution in [2.45, 2.75) is 57.3 Å². The molecule has 3 rings (SSSR count). The lowest BCUT2D eigenvalue weighted by Gasteiger charge is -2.33. The van der Waals surface area contributed by atoms with E-state index in [-0.39, 0.29) is 18.8 Å². The summed E-state index contributed by atoms with van der Waals surface area (Å²) in [6.07, 6.45) is 2.72. The fourth-order valence-electron chi connectivity index (χ4n) is 2.21. The molecule has 1 atom stereocenters. The third-order valence-electron chi connectivity index (χ3n) is 3.81. The van der Waals surface area contributed by atoms with Gasteiger partial charge in [-0.3, -0.25) is 0 Å². The van der Waals surface area contributed by atoms with E-state index in [1.807, 2.05) is 13.8 Å². The molecule has 7 nitrogen and oxygen atoms in total. The molecule has 1 aliphatic carbocycles. The molecule has 1 aromatic rings. The molecule has 0 amide bonds. The minimum absolute atomic E-state index is 0.0260. The molecule has 1 saturated heterocycles. The van der Waals surface area contributed by atoms with Crippen molar-refractivity contribution in [2.24, 2.45) is 0 Å². The Bertz CT molecular complexity index is 499. The molecule has 0 radical (unpaired) electrons. The lowest BCUT2D eigenvalue weighted by Crippen LogP contribution is -2.46. The Morgan fingerprint density at radius 2 is 2.24 bits per heavy atom. The van der Waals surface area contributed by atoms with Crippen LogP contribution in [0.5, 0.6) is 0 Å². The molecule has 0 N–H and O–H groups in total. The van der Waals surface area contributed by atoms with Gasteiger partial charge in [-0.05, 0) is 26.7 Å². The number of carbonyl (C=O) groups is 1. The first-order valence-corrected chi connectivity index (χ1v) is 7.28. The first kappa shape index (κ1) is 14.5. The monoisotopic (exact) mass is 296 g/mol. The summed E-state index contributed by atoms with van der Waals surface area (Å²) in [4.78, 5) is 16.1. The van der Waals surface area contributed by atoms with E-state index in [1.54, 1.807) is 0 Å². The van der Waals surface area contributed by atoms with Crippen LogP contribution in [0.1, 0.15) is 50.7 Å². The molecule has 1 unspecified atom stereocenters. The Labute approximate surface area is 122 Å². The van der Waals surface area contributed by atoms with E-state index in [2.05, 4.69) is 10.1 Å². The average Bonchev–Trinajstić information content (AvgIpc) is 2.82. The van der Waals surface area contributed by atoms with Gasteiger partial charge in [0.25, 0.3) is 5.89 Å². The summed E-state index contributed by atoms with van der Waals surface area (Å²) in [5, 5.41) is 3.91. The number of esters is 1. The van der Waals surface area contributed by atoms with Crippen LogP contribution in [0.4, 0.5) is 0 Å². The molecule has 116 valence electrons. The van der Waals surface area contributed by atoms with Gasteiger partial charge in [0.1, 0.15) is 0 Å². The van der Waals surface area contributed by atoms with Crippen molar-refractivity contribution in [3.8, 4) is 0 Å². The van der Waals surface area contributed by atoms with Gasteiger partial charge in [0.05, 0.1) is 18.8 Å². The molecule has 7 heteroatoms. The fraction of sp³-hybridized carbons (Fsp3) is 0.786. The summed E-state index contributed by atoms with van der Waals surface area (Å²) in [5.74, 6) is 0.970. The maximum atomic E-state index is 11.9. The summed E-state index contributed by atoms with van der Waals surface area (Å²) in [6.45, 7) is 4.36. The molecule has 2 fully saturated rings. The lowest BCUT2D eigenvalue weighted by atomic mass is 9.85. The molecule has 2 heterocycles. The first-order valence-electron chi connectivity index (χ1n) is 7.28. The topological polar surface area (TPSA) is 83.7 Å². The average molecular weight is 296 g/mol. The number of aromatic nitrogens is 2. The van der Waals surface area contributed by atoms with Crippen LogP contribution in [0.15, 0.2) is 4.52 Å². The predicted molar refractivity (Wildman–Crippen MR) is 70.5 cm³/mol. The summed E-state index contributed by atoms with van der Waals surface area (Å²) >= 11 is 0. The van der Waals surface area contributed by atoms with Gasteiger partial charge in [-0.2, -0.15) is 4.98 Å². The number of ether oxygens (including phenoxy) is 3. The van der Waals surface area contributed by atoms with Gasteiger partial charge in [0.15, 0.2) is 18.5 Å². The summed E-state index contributed by atoms with van der Waals surface area (Å²) in [7, 11) is 0. The van der Waals surface area contributed by atoms with Gasteiger partial charge in [0.2, 0.25) is 0 Å². The second-order valence-electron chi connectivity index (χ2n) is 6.15. The zero-order valence-corrected chi connectivity index (χ0v) is 12.3. The first-order chi connectivity index (χ1) is 10.0. The lowest BCUT2D eigenvalue weighted by molar-refractivity contribution is -0.199. The maximum Gasteiger partial charge on any atom is 0.338 e. The fourth-order valence-corrected chi connectivity index (χ4v) is 2.21. The van der Waals surface area contributed by atoms with E-state index in [0.717, 1.165) is 12.8 Å². The van der Waals surface area contributed by atoms with Crippen molar-refractivity contribution in [3.05, 3.63) is 11.7 Å². The van der Waals surface area contributed by atoms with Crippen LogP contribution in [0.3, 0.4) is 0 Å². The molecule has 1 saturated carbocycles. The quantitative estimate of drug-likeness (QED) is 0.780. The number of hydrogen-bond acceptors (Lipinski definition) is 7. The van der Waals surface area contributed by atoms with Gasteiger partial charge < -0.3 is 18.7 Å². The van der Waals surface area contributed by atoms with Crippen molar-refractivity contribution in [2.75, 3.05) is 13.2 Å². The molecule has 0 spiro atoms. The van der Waals surface area contributed by atoms with Crippen LogP contribution >= 0.6 is 0 Å². The van der Waals surface area contributed by atoms with Gasteiger partial charge in [-0.1, -0.05) is 11.6 Å². The number of carbonyl (C=O) groups excluding carboxylic acids is 1. The highest BCUT2D eigenvalue weighted by Gasteiger charge is 2.33. The molecule has 1 aromatic heterocycles. The van der Waals surface area contributed by atoms with Crippen molar-refractivity contribution in [3.63, 3.8) is 0 Å². The van der Waals surface area contributed by atoms with Gasteiger partial charge >= 0.3 is 5.97 Å². The van der Waals surface area contributed by atoms with Crippen molar-refractivity contribution in [1.82, 2.24) is 10.1 Å². The molecule has 0 bridgehead atoms. The van der Waals surface area contributed by atoms with Crippen molar-refractivity contribution >= 4 is 5.97 Å². The molecule has 21 heavy (non-hydrogen) atoms. The van der Waals surface area contributed by atoms with Crippen LogP contribution in [-0.2, 0) is 25.6 Å². The second-order valence-corrected chi connectivity index (χ2v) is 6.15. The zero-order valence-electron chi connectivity index (χ0n) is 12.3. The van der Waals surface area contributed by atoms with Gasteiger partial charge in [-0.15, -0.1) is 0 Å². The Hall–Kier alpha value is -1.47. The van der Waals surface area contributed by atoms with Crippen molar-refractivity contribution in [1.29, 1.82) is 0 Å². The van der Waals surface area contributed by atoms with Gasteiger partial charge in [0, 0.05) is 5.92 Å². The van der Waals surface area contributed by atoms with E-state index in [1.165, 1.54) is 6.42 Å². The third kappa shape index (κ3) is 3.41. The maximum absolute atomic E-state index is 11.9. The van der Waals surface area contributed by atoms with Crippen LogP contribution in [0, 0.1) is 0 Å². The SMILES string of the molecule is CC1(C)COC(C(=O)OCc2nc(C3CCC3)no2)CO1. The second kappa shape index (κ2) is 5.73. The van der Waals surface area contributed by atoms with E-state index >= 15 is 0 Å². The van der Waals surface area contributed by atoms with E-state index in [9.17, 15) is 4.79 Å². The van der Waals surface area contributed by atoms with Crippen LogP contribution in [-0.4, -0.2) is 41.0 Å². The van der Waals surface area contributed by atoms with E-state index in [0.29, 0.717) is 24.2 Å². The molecule has 2 aliphatic rings. The number of hydrogen-bond donors (Lipinski definition) is 0. The highest BCUT2D eigenvalue weighted by Crippen LogP contribution is 2.34. The van der Waals surface area contributed by atoms with Crippen molar-refractivity contribution < 1.29 is 23.5 Å². The number of rotatable bonds is 4. The van der Waals surface area contributed by atoms with Crippen LogP contribution in [0.2, 0.25) is 0 Å². The molecular formula is C14H20N2O5. The zero-order chi connectivity index (χ0) is 14.9. The highest BCUT2D eigenvalue weighted by atomic mass is 16.6. The summed E-state index contributed by atoms with van der Waals surface area (Å²) in [5.41, 5.74) is -0.360. The van der Waals surface area contributed by atoms with Gasteiger partial charge in [-0.25, -0.2) is 4.79 Å². The normalized spacial score (nSPS) is 25.3. The Kier molecular flexibility index (Phi) is 3.95. The minimum atomic E-state index is -0.688. The Morgan fingerprint density at radius 1 is 1.43 bits per heavy atom. The largest absolute Gasteiger partial charge is 0.454 e. The third-order valence-corrected chi connectivity index (χ3v) is 3.81. The Morgan fingerprint density at radius 3 is 2.86 bits per heavy atom. The molecular weight excluding hydrogens is 276 g/mol. The molecule has 1 aliphatic heterocycles. The summed E-state index contributed by atoms with van der Waals surface area (Å²) < 4.78 is 21.2. The predicted octanol–water partition coefficient (Wildman–Crippen LogP) is 1.57.